The van der Waals surface area contributed by atoms with Crippen LogP contribution in [0, 0.1) is 6.92 Å². The van der Waals surface area contributed by atoms with Gasteiger partial charge in [0, 0.05) is 6.61 Å². The van der Waals surface area contributed by atoms with Crippen LogP contribution in [0.1, 0.15) is 26.2 Å². The van der Waals surface area contributed by atoms with E-state index in [9.17, 15) is 5.11 Å². The minimum absolute atomic E-state index is 0.0415. The highest BCUT2D eigenvalue weighted by molar-refractivity contribution is 4.76. The van der Waals surface area contributed by atoms with E-state index in [0.717, 1.165) is 0 Å². The van der Waals surface area contributed by atoms with Crippen LogP contribution < -0.4 is 0 Å². The molecule has 0 aromatic heterocycles. The van der Waals surface area contributed by atoms with Crippen molar-refractivity contribution in [3.63, 3.8) is 0 Å². The van der Waals surface area contributed by atoms with Crippen molar-refractivity contribution < 1.29 is 10.2 Å². The van der Waals surface area contributed by atoms with Crippen molar-refractivity contribution in [1.82, 2.24) is 0 Å². The summed E-state index contributed by atoms with van der Waals surface area (Å²) in [5.41, 5.74) is -0.727. The van der Waals surface area contributed by atoms with Crippen molar-refractivity contribution in [2.45, 2.75) is 31.8 Å². The lowest BCUT2D eigenvalue weighted by Gasteiger charge is -2.23. The zero-order valence-electron chi connectivity index (χ0n) is 5.93. The third-order valence-corrected chi connectivity index (χ3v) is 1.70. The molecule has 1 radical (unpaired) electrons. The maximum Gasteiger partial charge on any atom is 0.0667 e. The Morgan fingerprint density at radius 2 is 2.11 bits per heavy atom. The van der Waals surface area contributed by atoms with Gasteiger partial charge in [-0.25, -0.2) is 0 Å². The molecule has 0 rings (SSSR count). The summed E-state index contributed by atoms with van der Waals surface area (Å²) in [5.74, 6) is 0. The van der Waals surface area contributed by atoms with Crippen molar-refractivity contribution in [2.24, 2.45) is 0 Å². The maximum absolute atomic E-state index is 9.41. The van der Waals surface area contributed by atoms with Crippen LogP contribution in [0.2, 0.25) is 0 Å². The van der Waals surface area contributed by atoms with Gasteiger partial charge in [-0.2, -0.15) is 0 Å². The molecule has 1 unspecified atom stereocenters. The van der Waals surface area contributed by atoms with Crippen LogP contribution in [0.5, 0.6) is 0 Å². The normalized spacial score (nSPS) is 12.0. The van der Waals surface area contributed by atoms with E-state index in [4.69, 9.17) is 5.11 Å². The van der Waals surface area contributed by atoms with Crippen molar-refractivity contribution in [3.05, 3.63) is 6.92 Å². The zero-order chi connectivity index (χ0) is 7.33. The fraction of sp³-hybridized carbons (Fsp3) is 0.857. The Kier molecular flexibility index (Phi) is 3.82. The topological polar surface area (TPSA) is 40.5 Å². The smallest absolute Gasteiger partial charge is 0.0667 e. The average Bonchev–Trinajstić information content (AvgIpc) is 1.89. The van der Waals surface area contributed by atoms with Gasteiger partial charge in [-0.3, -0.25) is 0 Å². The van der Waals surface area contributed by atoms with E-state index in [1.165, 1.54) is 0 Å². The molecule has 0 fully saturated rings. The molecule has 0 bridgehead atoms. The monoisotopic (exact) mass is 131 g/mol. The second-order valence-corrected chi connectivity index (χ2v) is 2.30. The Balaban J connectivity index is 3.62. The predicted octanol–water partition coefficient (Wildman–Crippen LogP) is 0.734. The molecule has 0 saturated heterocycles. The van der Waals surface area contributed by atoms with Crippen LogP contribution in [-0.4, -0.2) is 22.4 Å². The van der Waals surface area contributed by atoms with Crippen LogP contribution in [0.25, 0.3) is 0 Å². The van der Waals surface area contributed by atoms with Crippen molar-refractivity contribution in [1.29, 1.82) is 0 Å². The average molecular weight is 131 g/mol. The van der Waals surface area contributed by atoms with Gasteiger partial charge >= 0.3 is 0 Å². The molecule has 1 atom stereocenters. The van der Waals surface area contributed by atoms with E-state index in [1.807, 2.05) is 6.92 Å². The van der Waals surface area contributed by atoms with E-state index in [2.05, 4.69) is 6.92 Å². The summed E-state index contributed by atoms with van der Waals surface area (Å²) in [7, 11) is 0. The lowest BCUT2D eigenvalue weighted by Crippen LogP contribution is -2.27. The van der Waals surface area contributed by atoms with Crippen LogP contribution >= 0.6 is 0 Å². The second kappa shape index (κ2) is 3.85. The quantitative estimate of drug-likeness (QED) is 0.590. The molecule has 0 spiro atoms. The summed E-state index contributed by atoms with van der Waals surface area (Å²) < 4.78 is 0. The summed E-state index contributed by atoms with van der Waals surface area (Å²) in [6.45, 7) is 5.52. The Hall–Kier alpha value is -0.0800. The summed E-state index contributed by atoms with van der Waals surface area (Å²) in [6, 6.07) is 0. The molecule has 9 heavy (non-hydrogen) atoms. The van der Waals surface area contributed by atoms with Crippen molar-refractivity contribution in [2.75, 3.05) is 6.61 Å². The molecule has 0 saturated carbocycles. The van der Waals surface area contributed by atoms with Crippen LogP contribution in [0.4, 0.5) is 0 Å². The molecule has 2 N–H and O–H groups in total. The van der Waals surface area contributed by atoms with Crippen LogP contribution in [-0.2, 0) is 0 Å². The lowest BCUT2D eigenvalue weighted by atomic mass is 9.94. The van der Waals surface area contributed by atoms with E-state index >= 15 is 0 Å². The highest BCUT2D eigenvalue weighted by Crippen LogP contribution is 2.17. The first-order valence-corrected chi connectivity index (χ1v) is 3.31. The summed E-state index contributed by atoms with van der Waals surface area (Å²) in [4.78, 5) is 0. The van der Waals surface area contributed by atoms with Gasteiger partial charge in [-0.1, -0.05) is 13.8 Å². The molecule has 0 aromatic carbocycles. The third-order valence-electron chi connectivity index (χ3n) is 1.70. The van der Waals surface area contributed by atoms with Crippen molar-refractivity contribution >= 4 is 0 Å². The van der Waals surface area contributed by atoms with E-state index in [0.29, 0.717) is 19.3 Å². The Labute approximate surface area is 56.5 Å². The first-order chi connectivity index (χ1) is 4.18. The number of aliphatic hydroxyl groups is 2. The SMILES string of the molecule is [CH2]CC(O)(CC)CCO. The van der Waals surface area contributed by atoms with Gasteiger partial charge in [0.05, 0.1) is 5.60 Å². The third kappa shape index (κ3) is 2.82. The van der Waals surface area contributed by atoms with E-state index in [-0.39, 0.29) is 6.61 Å². The van der Waals surface area contributed by atoms with Gasteiger partial charge in [0.2, 0.25) is 0 Å². The molecule has 55 valence electrons. The first-order valence-electron chi connectivity index (χ1n) is 3.31. The molecular weight excluding hydrogens is 116 g/mol. The number of rotatable bonds is 4. The van der Waals surface area contributed by atoms with E-state index in [1.54, 1.807) is 0 Å². The van der Waals surface area contributed by atoms with Gasteiger partial charge in [0.15, 0.2) is 0 Å². The van der Waals surface area contributed by atoms with Gasteiger partial charge in [0.1, 0.15) is 0 Å². The molecule has 2 heteroatoms. The summed E-state index contributed by atoms with van der Waals surface area (Å²) in [6.07, 6.45) is 1.58. The molecule has 0 aliphatic carbocycles. The van der Waals surface area contributed by atoms with Gasteiger partial charge in [-0.05, 0) is 19.3 Å². The predicted molar refractivity (Wildman–Crippen MR) is 36.9 cm³/mol. The van der Waals surface area contributed by atoms with E-state index < -0.39 is 5.60 Å². The minimum atomic E-state index is -0.727. The molecule has 0 amide bonds. The number of hydrogen-bond donors (Lipinski definition) is 2. The molecule has 0 aliphatic heterocycles. The van der Waals surface area contributed by atoms with Gasteiger partial charge in [-0.15, -0.1) is 0 Å². The number of hydrogen-bond acceptors (Lipinski definition) is 2. The summed E-state index contributed by atoms with van der Waals surface area (Å²) in [5, 5.41) is 17.9. The molecule has 0 aromatic rings. The Morgan fingerprint density at radius 3 is 2.22 bits per heavy atom. The lowest BCUT2D eigenvalue weighted by molar-refractivity contribution is 0.0143. The Bertz CT molecular complexity index is 67.3. The standard InChI is InChI=1S/C7H15O2/c1-3-7(9,4-2)5-6-8/h8-9H,1,3-6H2,2H3. The highest BCUT2D eigenvalue weighted by atomic mass is 16.3. The Morgan fingerprint density at radius 1 is 1.56 bits per heavy atom. The highest BCUT2D eigenvalue weighted by Gasteiger charge is 2.20. The fourth-order valence-electron chi connectivity index (χ4n) is 0.687. The minimum Gasteiger partial charge on any atom is -0.396 e. The van der Waals surface area contributed by atoms with Gasteiger partial charge in [0.25, 0.3) is 0 Å². The second-order valence-electron chi connectivity index (χ2n) is 2.30. The fourth-order valence-corrected chi connectivity index (χ4v) is 0.687. The van der Waals surface area contributed by atoms with Crippen LogP contribution in [0.3, 0.4) is 0 Å². The first kappa shape index (κ1) is 8.92. The summed E-state index contributed by atoms with van der Waals surface area (Å²) >= 11 is 0. The molecular formula is C7H15O2. The largest absolute Gasteiger partial charge is 0.396 e. The molecule has 0 heterocycles. The number of aliphatic hydroxyl groups excluding tert-OH is 1. The van der Waals surface area contributed by atoms with Gasteiger partial charge < -0.3 is 10.2 Å². The van der Waals surface area contributed by atoms with Crippen molar-refractivity contribution in [3.8, 4) is 0 Å². The zero-order valence-corrected chi connectivity index (χ0v) is 5.93. The molecule has 0 aliphatic rings. The maximum atomic E-state index is 9.41. The van der Waals surface area contributed by atoms with Crippen LogP contribution in [0.15, 0.2) is 0 Å². The molecule has 2 nitrogen and oxygen atoms in total.